The van der Waals surface area contributed by atoms with Crippen LogP contribution in [0.25, 0.3) is 0 Å². The Hall–Kier alpha value is -1.64. The highest BCUT2D eigenvalue weighted by molar-refractivity contribution is 5.34. The first-order valence-electron chi connectivity index (χ1n) is 9.05. The van der Waals surface area contributed by atoms with Crippen molar-refractivity contribution in [3.63, 3.8) is 0 Å². The lowest BCUT2D eigenvalue weighted by Crippen LogP contribution is -2.33. The van der Waals surface area contributed by atoms with E-state index in [1.807, 2.05) is 0 Å². The van der Waals surface area contributed by atoms with Crippen molar-refractivity contribution < 1.29 is 4.74 Å². The molecule has 1 N–H and O–H groups in total. The van der Waals surface area contributed by atoms with Gasteiger partial charge in [-0.25, -0.2) is 0 Å². The van der Waals surface area contributed by atoms with Crippen LogP contribution in [0.2, 0.25) is 0 Å². The zero-order valence-corrected chi connectivity index (χ0v) is 15.1. The summed E-state index contributed by atoms with van der Waals surface area (Å²) < 4.78 is 6.55. The maximum Gasteiger partial charge on any atom is 0.108 e. The molecule has 1 saturated heterocycles. The van der Waals surface area contributed by atoms with Gasteiger partial charge in [-0.3, -0.25) is 0 Å². The molecule has 1 fully saturated rings. The molecule has 0 saturated carbocycles. The number of benzene rings is 2. The molecule has 0 amide bonds. The van der Waals surface area contributed by atoms with Gasteiger partial charge in [0.05, 0.1) is 6.10 Å². The molecular weight excluding hydrogens is 294 g/mol. The van der Waals surface area contributed by atoms with E-state index in [9.17, 15) is 0 Å². The van der Waals surface area contributed by atoms with Gasteiger partial charge in [0.15, 0.2) is 0 Å². The van der Waals surface area contributed by atoms with Crippen molar-refractivity contribution in [2.75, 3.05) is 13.1 Å². The number of ether oxygens (including phenoxy) is 1. The lowest BCUT2D eigenvalue weighted by molar-refractivity contribution is -0.00806. The Morgan fingerprint density at radius 3 is 2.04 bits per heavy atom. The molecule has 3 rings (SSSR count). The first-order chi connectivity index (χ1) is 11.5. The van der Waals surface area contributed by atoms with Crippen LogP contribution in [0.3, 0.4) is 0 Å². The Morgan fingerprint density at radius 2 is 1.46 bits per heavy atom. The molecule has 1 aliphatic rings. The number of rotatable bonds is 4. The second-order valence-electron chi connectivity index (χ2n) is 7.75. The summed E-state index contributed by atoms with van der Waals surface area (Å²) >= 11 is 0. The van der Waals surface area contributed by atoms with E-state index >= 15 is 0 Å². The van der Waals surface area contributed by atoms with Gasteiger partial charge in [-0.2, -0.15) is 0 Å². The molecule has 0 aliphatic carbocycles. The van der Waals surface area contributed by atoms with Crippen molar-refractivity contribution >= 4 is 0 Å². The van der Waals surface area contributed by atoms with Crippen LogP contribution in [0.5, 0.6) is 0 Å². The third-order valence-electron chi connectivity index (χ3n) is 4.80. The Balaban J connectivity index is 1.86. The third kappa shape index (κ3) is 4.25. The molecule has 24 heavy (non-hydrogen) atoms. The van der Waals surface area contributed by atoms with Crippen molar-refractivity contribution in [2.24, 2.45) is 0 Å². The number of nitrogens with one attached hydrogen (secondary N) is 1. The van der Waals surface area contributed by atoms with Crippen LogP contribution in [-0.4, -0.2) is 19.2 Å². The maximum atomic E-state index is 6.55. The van der Waals surface area contributed by atoms with Gasteiger partial charge in [0, 0.05) is 0 Å². The largest absolute Gasteiger partial charge is 0.365 e. The van der Waals surface area contributed by atoms with E-state index in [1.54, 1.807) is 0 Å². The van der Waals surface area contributed by atoms with Crippen LogP contribution in [0.15, 0.2) is 54.6 Å². The molecule has 2 aromatic rings. The minimum atomic E-state index is 0.0170. The van der Waals surface area contributed by atoms with Crippen LogP contribution in [0.1, 0.15) is 56.4 Å². The van der Waals surface area contributed by atoms with Gasteiger partial charge in [0.25, 0.3) is 0 Å². The van der Waals surface area contributed by atoms with E-state index in [-0.39, 0.29) is 11.5 Å². The molecule has 0 radical (unpaired) electrons. The zero-order valence-electron chi connectivity index (χ0n) is 15.1. The average Bonchev–Trinajstić information content (AvgIpc) is 2.61. The van der Waals surface area contributed by atoms with Crippen molar-refractivity contribution in [1.29, 1.82) is 0 Å². The highest BCUT2D eigenvalue weighted by atomic mass is 16.5. The molecule has 2 nitrogen and oxygen atoms in total. The van der Waals surface area contributed by atoms with Crippen LogP contribution >= 0.6 is 0 Å². The first kappa shape index (κ1) is 17.2. The second kappa shape index (κ2) is 7.50. The lowest BCUT2D eigenvalue weighted by atomic mass is 9.86. The maximum absolute atomic E-state index is 6.55. The summed E-state index contributed by atoms with van der Waals surface area (Å²) in [6, 6.07) is 19.6. The van der Waals surface area contributed by atoms with Crippen LogP contribution < -0.4 is 5.32 Å². The van der Waals surface area contributed by atoms with Gasteiger partial charge in [0.2, 0.25) is 0 Å². The molecule has 1 heterocycles. The van der Waals surface area contributed by atoms with Gasteiger partial charge < -0.3 is 10.1 Å². The van der Waals surface area contributed by atoms with Gasteiger partial charge in [-0.1, -0.05) is 75.4 Å². The van der Waals surface area contributed by atoms with Gasteiger partial charge in [0.1, 0.15) is 6.10 Å². The molecule has 1 aliphatic heterocycles. The van der Waals surface area contributed by atoms with Crippen molar-refractivity contribution in [3.8, 4) is 0 Å². The summed E-state index contributed by atoms with van der Waals surface area (Å²) in [5.74, 6) is 0. The summed E-state index contributed by atoms with van der Waals surface area (Å²) in [6.07, 6.45) is 2.52. The second-order valence-corrected chi connectivity index (χ2v) is 7.75. The van der Waals surface area contributed by atoms with Crippen molar-refractivity contribution in [3.05, 3.63) is 71.3 Å². The van der Waals surface area contributed by atoms with Crippen molar-refractivity contribution in [2.45, 2.75) is 51.2 Å². The molecule has 1 atom stereocenters. The molecular formula is C22H29NO. The smallest absolute Gasteiger partial charge is 0.108 e. The summed E-state index contributed by atoms with van der Waals surface area (Å²) in [6.45, 7) is 8.86. The lowest BCUT2D eigenvalue weighted by Gasteiger charge is -2.29. The highest BCUT2D eigenvalue weighted by Crippen LogP contribution is 2.31. The highest BCUT2D eigenvalue weighted by Gasteiger charge is 2.22. The van der Waals surface area contributed by atoms with Gasteiger partial charge >= 0.3 is 0 Å². The van der Waals surface area contributed by atoms with E-state index in [4.69, 9.17) is 4.74 Å². The normalized spacial score (nSPS) is 17.6. The molecule has 0 spiro atoms. The standard InChI is InChI=1S/C22H29NO/c1-22(2,3)19-11-9-18(10-12-19)21(17-7-5-4-6-8-17)24-20-13-15-23-16-14-20/h4-12,20-21,23H,13-16H2,1-3H3. The predicted octanol–water partition coefficient (Wildman–Crippen LogP) is 4.84. The topological polar surface area (TPSA) is 21.3 Å². The fraction of sp³-hybridized carbons (Fsp3) is 0.455. The summed E-state index contributed by atoms with van der Waals surface area (Å²) in [5, 5.41) is 3.41. The SMILES string of the molecule is CC(C)(C)c1ccc(C(OC2CCNCC2)c2ccccc2)cc1. The van der Waals surface area contributed by atoms with E-state index in [2.05, 4.69) is 80.7 Å². The van der Waals surface area contributed by atoms with Crippen LogP contribution in [0, 0.1) is 0 Å². The van der Waals surface area contributed by atoms with E-state index in [0.29, 0.717) is 6.10 Å². The summed E-state index contributed by atoms with van der Waals surface area (Å²) in [4.78, 5) is 0. The number of piperidine rings is 1. The number of hydrogen-bond acceptors (Lipinski definition) is 2. The Morgan fingerprint density at radius 1 is 0.875 bits per heavy atom. The van der Waals surface area contributed by atoms with E-state index in [1.165, 1.54) is 16.7 Å². The summed E-state index contributed by atoms with van der Waals surface area (Å²) in [7, 11) is 0. The first-order valence-corrected chi connectivity index (χ1v) is 9.05. The minimum absolute atomic E-state index is 0.0170. The molecule has 2 aromatic carbocycles. The average molecular weight is 323 g/mol. The fourth-order valence-corrected chi connectivity index (χ4v) is 3.26. The van der Waals surface area contributed by atoms with Crippen LogP contribution in [0.4, 0.5) is 0 Å². The third-order valence-corrected chi connectivity index (χ3v) is 4.80. The molecule has 0 bridgehead atoms. The van der Waals surface area contributed by atoms with Crippen LogP contribution in [-0.2, 0) is 10.2 Å². The van der Waals surface area contributed by atoms with E-state index < -0.39 is 0 Å². The monoisotopic (exact) mass is 323 g/mol. The molecule has 1 unspecified atom stereocenters. The molecule has 0 aromatic heterocycles. The molecule has 2 heteroatoms. The Bertz CT molecular complexity index is 621. The zero-order chi connectivity index (χ0) is 17.0. The molecule has 128 valence electrons. The van der Waals surface area contributed by atoms with Crippen molar-refractivity contribution in [1.82, 2.24) is 5.32 Å². The Kier molecular flexibility index (Phi) is 5.37. The Labute approximate surface area is 146 Å². The van der Waals surface area contributed by atoms with Gasteiger partial charge in [-0.05, 0) is 48.0 Å². The number of hydrogen-bond donors (Lipinski definition) is 1. The van der Waals surface area contributed by atoms with E-state index in [0.717, 1.165) is 25.9 Å². The summed E-state index contributed by atoms with van der Waals surface area (Å²) in [5.41, 5.74) is 4.02. The quantitative estimate of drug-likeness (QED) is 0.869. The van der Waals surface area contributed by atoms with Gasteiger partial charge in [-0.15, -0.1) is 0 Å². The predicted molar refractivity (Wildman–Crippen MR) is 100 cm³/mol. The minimum Gasteiger partial charge on any atom is -0.365 e. The fourth-order valence-electron chi connectivity index (χ4n) is 3.26.